The van der Waals surface area contributed by atoms with Gasteiger partial charge < -0.3 is 9.73 Å². The number of carbonyl (C=O) groups excluding carboxylic acids is 1. The van der Waals surface area contributed by atoms with Crippen LogP contribution in [0.1, 0.15) is 50.3 Å². The summed E-state index contributed by atoms with van der Waals surface area (Å²) in [6.45, 7) is 0.898. The minimum absolute atomic E-state index is 0.0668. The highest BCUT2D eigenvalue weighted by Gasteiger charge is 2.30. The molecule has 0 spiro atoms. The molecule has 1 aliphatic carbocycles. The summed E-state index contributed by atoms with van der Waals surface area (Å²) in [5, 5.41) is 13.7. The van der Waals surface area contributed by atoms with E-state index in [1.165, 1.54) is 6.42 Å². The maximum Gasteiger partial charge on any atom is 0.322 e. The predicted molar refractivity (Wildman–Crippen MR) is 65.2 cm³/mol. The number of rotatable bonds is 3. The van der Waals surface area contributed by atoms with Crippen LogP contribution in [-0.2, 0) is 4.79 Å². The molecule has 0 bridgehead atoms. The number of hydrogen-bond donors (Lipinski definition) is 2. The summed E-state index contributed by atoms with van der Waals surface area (Å²) in [6.07, 6.45) is 6.50. The Kier molecular flexibility index (Phi) is 3.27. The molecular formula is C12H18N4O2. The lowest BCUT2D eigenvalue weighted by atomic mass is 10.1. The second-order valence-electron chi connectivity index (χ2n) is 5.07. The molecule has 0 aromatic carbocycles. The van der Waals surface area contributed by atoms with Crippen molar-refractivity contribution in [3.63, 3.8) is 0 Å². The van der Waals surface area contributed by atoms with Gasteiger partial charge in [0.1, 0.15) is 0 Å². The Morgan fingerprint density at radius 3 is 2.94 bits per heavy atom. The molecule has 6 nitrogen and oxygen atoms in total. The van der Waals surface area contributed by atoms with Gasteiger partial charge in [-0.25, -0.2) is 0 Å². The van der Waals surface area contributed by atoms with E-state index in [1.54, 1.807) is 0 Å². The van der Waals surface area contributed by atoms with E-state index in [4.69, 9.17) is 4.42 Å². The van der Waals surface area contributed by atoms with Crippen LogP contribution >= 0.6 is 0 Å². The topological polar surface area (TPSA) is 80.1 Å². The van der Waals surface area contributed by atoms with E-state index in [0.717, 1.165) is 38.6 Å². The lowest BCUT2D eigenvalue weighted by molar-refractivity contribution is -0.118. The van der Waals surface area contributed by atoms with Gasteiger partial charge in [-0.1, -0.05) is 17.9 Å². The fourth-order valence-electron chi connectivity index (χ4n) is 2.23. The number of amides is 1. The molecule has 2 heterocycles. The molecule has 0 radical (unpaired) electrons. The van der Waals surface area contributed by atoms with Gasteiger partial charge in [0.25, 0.3) is 0 Å². The number of aromatic nitrogens is 2. The van der Waals surface area contributed by atoms with Crippen molar-refractivity contribution >= 4 is 11.9 Å². The van der Waals surface area contributed by atoms with Gasteiger partial charge in [0, 0.05) is 5.92 Å². The third-order valence-corrected chi connectivity index (χ3v) is 3.47. The minimum atomic E-state index is -0.135. The molecule has 1 saturated heterocycles. The molecule has 2 aliphatic rings. The molecule has 2 N–H and O–H groups in total. The van der Waals surface area contributed by atoms with E-state index in [1.807, 2.05) is 0 Å². The van der Waals surface area contributed by atoms with Crippen molar-refractivity contribution < 1.29 is 9.21 Å². The Balaban J connectivity index is 1.58. The van der Waals surface area contributed by atoms with Gasteiger partial charge in [-0.3, -0.25) is 10.1 Å². The summed E-state index contributed by atoms with van der Waals surface area (Å²) in [7, 11) is 0. The Morgan fingerprint density at radius 2 is 2.11 bits per heavy atom. The number of hydrogen-bond acceptors (Lipinski definition) is 5. The summed E-state index contributed by atoms with van der Waals surface area (Å²) >= 11 is 0. The molecule has 1 saturated carbocycles. The van der Waals surface area contributed by atoms with Crippen molar-refractivity contribution in [2.75, 3.05) is 11.9 Å². The van der Waals surface area contributed by atoms with Crippen LogP contribution in [0.5, 0.6) is 0 Å². The van der Waals surface area contributed by atoms with Crippen LogP contribution in [0.4, 0.5) is 6.01 Å². The smallest absolute Gasteiger partial charge is 0.322 e. The van der Waals surface area contributed by atoms with Gasteiger partial charge in [-0.15, -0.1) is 5.10 Å². The summed E-state index contributed by atoms with van der Waals surface area (Å²) < 4.78 is 5.42. The molecule has 1 amide bonds. The van der Waals surface area contributed by atoms with E-state index in [2.05, 4.69) is 20.8 Å². The summed E-state index contributed by atoms with van der Waals surface area (Å²) in [4.78, 5) is 12.0. The first-order valence-electron chi connectivity index (χ1n) is 6.70. The fraction of sp³-hybridized carbons (Fsp3) is 0.750. The zero-order valence-corrected chi connectivity index (χ0v) is 10.3. The Hall–Kier alpha value is -1.43. The largest absolute Gasteiger partial charge is 0.408 e. The minimum Gasteiger partial charge on any atom is -0.408 e. The molecule has 2 fully saturated rings. The van der Waals surface area contributed by atoms with E-state index in [-0.39, 0.29) is 18.0 Å². The monoisotopic (exact) mass is 250 g/mol. The second-order valence-corrected chi connectivity index (χ2v) is 5.07. The number of carbonyl (C=O) groups is 1. The molecule has 1 unspecified atom stereocenters. The van der Waals surface area contributed by atoms with Crippen LogP contribution in [0, 0.1) is 0 Å². The van der Waals surface area contributed by atoms with Gasteiger partial charge in [-0.05, 0) is 32.2 Å². The van der Waals surface area contributed by atoms with Gasteiger partial charge in [0.2, 0.25) is 11.8 Å². The highest BCUT2D eigenvalue weighted by atomic mass is 16.4. The van der Waals surface area contributed by atoms with Crippen molar-refractivity contribution in [3.8, 4) is 0 Å². The summed E-state index contributed by atoms with van der Waals surface area (Å²) in [5.74, 6) is 1.00. The maximum absolute atomic E-state index is 12.0. The normalized spacial score (nSPS) is 24.6. The highest BCUT2D eigenvalue weighted by molar-refractivity contribution is 5.93. The molecule has 1 aromatic heterocycles. The summed E-state index contributed by atoms with van der Waals surface area (Å²) in [6, 6.07) is 0.0942. The van der Waals surface area contributed by atoms with Gasteiger partial charge in [-0.2, -0.15) is 0 Å². The van der Waals surface area contributed by atoms with E-state index >= 15 is 0 Å². The lowest BCUT2D eigenvalue weighted by Gasteiger charge is -2.13. The molecule has 1 atom stereocenters. The van der Waals surface area contributed by atoms with E-state index in [9.17, 15) is 4.79 Å². The van der Waals surface area contributed by atoms with Gasteiger partial charge in [0.15, 0.2) is 0 Å². The van der Waals surface area contributed by atoms with Crippen LogP contribution in [0.2, 0.25) is 0 Å². The zero-order valence-electron chi connectivity index (χ0n) is 10.3. The number of nitrogens with zero attached hydrogens (tertiary/aromatic N) is 2. The molecule has 1 aliphatic heterocycles. The fourth-order valence-corrected chi connectivity index (χ4v) is 2.23. The first-order chi connectivity index (χ1) is 8.83. The average molecular weight is 250 g/mol. The predicted octanol–water partition coefficient (Wildman–Crippen LogP) is 1.42. The number of anilines is 1. The van der Waals surface area contributed by atoms with Crippen LogP contribution in [-0.4, -0.2) is 28.7 Å². The first-order valence-corrected chi connectivity index (χ1v) is 6.70. The highest BCUT2D eigenvalue weighted by Crippen LogP contribution is 2.39. The van der Waals surface area contributed by atoms with Crippen LogP contribution in [0.3, 0.4) is 0 Å². The molecule has 1 aromatic rings. The van der Waals surface area contributed by atoms with Crippen LogP contribution in [0.25, 0.3) is 0 Å². The summed E-state index contributed by atoms with van der Waals surface area (Å²) in [5.41, 5.74) is 0. The van der Waals surface area contributed by atoms with Crippen molar-refractivity contribution in [2.45, 2.75) is 50.5 Å². The maximum atomic E-state index is 12.0. The lowest BCUT2D eigenvalue weighted by Crippen LogP contribution is -2.39. The third kappa shape index (κ3) is 2.69. The molecular weight excluding hydrogens is 232 g/mol. The van der Waals surface area contributed by atoms with Crippen molar-refractivity contribution in [3.05, 3.63) is 5.89 Å². The SMILES string of the molecule is O=C(Nc1nnc(C2CC2)o1)C1CCCCCN1. The average Bonchev–Trinajstić information content (AvgIpc) is 3.16. The van der Waals surface area contributed by atoms with Crippen molar-refractivity contribution in [2.24, 2.45) is 0 Å². The second kappa shape index (κ2) is 5.06. The Bertz CT molecular complexity index is 419. The molecule has 6 heteroatoms. The third-order valence-electron chi connectivity index (χ3n) is 3.47. The molecule has 18 heavy (non-hydrogen) atoms. The van der Waals surface area contributed by atoms with Crippen molar-refractivity contribution in [1.29, 1.82) is 0 Å². The van der Waals surface area contributed by atoms with Crippen LogP contribution < -0.4 is 10.6 Å². The van der Waals surface area contributed by atoms with Crippen LogP contribution in [0.15, 0.2) is 4.42 Å². The van der Waals surface area contributed by atoms with E-state index in [0.29, 0.717) is 11.8 Å². The Labute approximate surface area is 106 Å². The number of nitrogens with one attached hydrogen (secondary N) is 2. The quantitative estimate of drug-likeness (QED) is 0.848. The molecule has 98 valence electrons. The first kappa shape index (κ1) is 11.6. The zero-order chi connectivity index (χ0) is 12.4. The standard InChI is InChI=1S/C12H18N4O2/c17-10(9-4-2-1-3-7-13-9)14-12-16-15-11(18-12)8-5-6-8/h8-9,13H,1-7H2,(H,14,16,17). The van der Waals surface area contributed by atoms with E-state index < -0.39 is 0 Å². The van der Waals surface area contributed by atoms with Gasteiger partial charge in [0.05, 0.1) is 6.04 Å². The van der Waals surface area contributed by atoms with Gasteiger partial charge >= 0.3 is 6.01 Å². The Morgan fingerprint density at radius 1 is 1.22 bits per heavy atom. The van der Waals surface area contributed by atoms with Crippen molar-refractivity contribution in [1.82, 2.24) is 15.5 Å². The molecule has 3 rings (SSSR count).